The maximum Gasteiger partial charge on any atom is 0.277 e. The number of aromatic nitrogens is 3. The summed E-state index contributed by atoms with van der Waals surface area (Å²) in [4.78, 5) is 12.1. The highest BCUT2D eigenvalue weighted by molar-refractivity contribution is 7.99. The fraction of sp³-hybridized carbons (Fsp3) is 0.188. The lowest BCUT2D eigenvalue weighted by atomic mass is 10.2. The first kappa shape index (κ1) is 15.4. The molecular weight excluding hydrogens is 314 g/mol. The third kappa shape index (κ3) is 3.29. The van der Waals surface area contributed by atoms with E-state index in [9.17, 15) is 4.79 Å². The van der Waals surface area contributed by atoms with E-state index < -0.39 is 0 Å². The van der Waals surface area contributed by atoms with Crippen LogP contribution in [0.5, 0.6) is 5.75 Å². The first-order valence-corrected chi connectivity index (χ1v) is 7.92. The molecule has 0 atom stereocenters. The number of rotatable bonds is 6. The normalized spacial score (nSPS) is 10.7. The SMILES string of the molecule is COc1ccccc1-c1nnc(SCC(=O)c2cccn2C)o1. The third-order valence-electron chi connectivity index (χ3n) is 3.30. The zero-order chi connectivity index (χ0) is 16.2. The molecule has 6 nitrogen and oxygen atoms in total. The summed E-state index contributed by atoms with van der Waals surface area (Å²) >= 11 is 1.22. The van der Waals surface area contributed by atoms with Crippen LogP contribution in [0.1, 0.15) is 10.5 Å². The van der Waals surface area contributed by atoms with Gasteiger partial charge in [0.1, 0.15) is 5.75 Å². The molecule has 0 amide bonds. The summed E-state index contributed by atoms with van der Waals surface area (Å²) in [5.41, 5.74) is 1.38. The Bertz CT molecular complexity index is 825. The summed E-state index contributed by atoms with van der Waals surface area (Å²) in [6.07, 6.45) is 1.84. The van der Waals surface area contributed by atoms with Crippen LogP contribution in [0.2, 0.25) is 0 Å². The van der Waals surface area contributed by atoms with Gasteiger partial charge in [-0.3, -0.25) is 4.79 Å². The van der Waals surface area contributed by atoms with Crippen LogP contribution in [0.15, 0.2) is 52.2 Å². The highest BCUT2D eigenvalue weighted by Gasteiger charge is 2.15. The van der Waals surface area contributed by atoms with Crippen LogP contribution < -0.4 is 4.74 Å². The average molecular weight is 329 g/mol. The second-order valence-electron chi connectivity index (χ2n) is 4.79. The largest absolute Gasteiger partial charge is 0.496 e. The van der Waals surface area contributed by atoms with Crippen molar-refractivity contribution in [2.45, 2.75) is 5.22 Å². The monoisotopic (exact) mass is 329 g/mol. The van der Waals surface area contributed by atoms with E-state index in [1.807, 2.05) is 43.6 Å². The summed E-state index contributed by atoms with van der Waals surface area (Å²) in [5, 5.41) is 8.35. The number of carbonyl (C=O) groups excluding carboxylic acids is 1. The van der Waals surface area contributed by atoms with E-state index in [-0.39, 0.29) is 11.5 Å². The molecule has 0 aliphatic carbocycles. The van der Waals surface area contributed by atoms with Crippen molar-refractivity contribution in [2.75, 3.05) is 12.9 Å². The van der Waals surface area contributed by atoms with Crippen molar-refractivity contribution in [3.05, 3.63) is 48.3 Å². The van der Waals surface area contributed by atoms with Crippen LogP contribution in [-0.4, -0.2) is 33.4 Å². The Morgan fingerprint density at radius 3 is 2.83 bits per heavy atom. The van der Waals surface area contributed by atoms with Crippen molar-refractivity contribution in [3.63, 3.8) is 0 Å². The van der Waals surface area contributed by atoms with E-state index in [1.165, 1.54) is 11.8 Å². The summed E-state index contributed by atoms with van der Waals surface area (Å²) < 4.78 is 12.7. The van der Waals surface area contributed by atoms with Gasteiger partial charge in [0.2, 0.25) is 0 Å². The minimum Gasteiger partial charge on any atom is -0.496 e. The van der Waals surface area contributed by atoms with Gasteiger partial charge in [-0.25, -0.2) is 0 Å². The molecule has 23 heavy (non-hydrogen) atoms. The Kier molecular flexibility index (Phi) is 4.47. The van der Waals surface area contributed by atoms with Gasteiger partial charge in [-0.15, -0.1) is 10.2 Å². The van der Waals surface area contributed by atoms with Gasteiger partial charge in [-0.1, -0.05) is 23.9 Å². The minimum absolute atomic E-state index is 0.0135. The van der Waals surface area contributed by atoms with Gasteiger partial charge in [0, 0.05) is 13.2 Å². The number of benzene rings is 1. The molecule has 0 saturated carbocycles. The number of ketones is 1. The van der Waals surface area contributed by atoms with Gasteiger partial charge < -0.3 is 13.7 Å². The third-order valence-corrected chi connectivity index (χ3v) is 4.12. The van der Waals surface area contributed by atoms with Crippen LogP contribution in [-0.2, 0) is 7.05 Å². The molecule has 0 N–H and O–H groups in total. The van der Waals surface area contributed by atoms with Crippen molar-refractivity contribution in [1.29, 1.82) is 0 Å². The molecule has 3 aromatic rings. The molecule has 2 heterocycles. The van der Waals surface area contributed by atoms with Crippen LogP contribution in [0.4, 0.5) is 0 Å². The number of hydrogen-bond donors (Lipinski definition) is 0. The van der Waals surface area contributed by atoms with Crippen molar-refractivity contribution in [3.8, 4) is 17.2 Å². The average Bonchev–Trinajstić information content (AvgIpc) is 3.21. The number of para-hydroxylation sites is 1. The van der Waals surface area contributed by atoms with E-state index in [1.54, 1.807) is 17.7 Å². The van der Waals surface area contributed by atoms with Gasteiger partial charge in [0.15, 0.2) is 5.78 Å². The van der Waals surface area contributed by atoms with Crippen LogP contribution >= 0.6 is 11.8 Å². The van der Waals surface area contributed by atoms with Crippen LogP contribution in [0.3, 0.4) is 0 Å². The molecule has 0 aliphatic rings. The first-order chi connectivity index (χ1) is 11.2. The second kappa shape index (κ2) is 6.70. The standard InChI is InChI=1S/C16H15N3O3S/c1-19-9-5-7-12(19)13(20)10-23-16-18-17-15(22-16)11-6-3-4-8-14(11)21-2/h3-9H,10H2,1-2H3. The highest BCUT2D eigenvalue weighted by atomic mass is 32.2. The molecule has 0 fully saturated rings. The maximum absolute atomic E-state index is 12.1. The van der Waals surface area contributed by atoms with Gasteiger partial charge >= 0.3 is 0 Å². The molecule has 0 bridgehead atoms. The van der Waals surface area contributed by atoms with Crippen molar-refractivity contribution >= 4 is 17.5 Å². The number of aryl methyl sites for hydroxylation is 1. The smallest absolute Gasteiger partial charge is 0.277 e. The number of hydrogen-bond acceptors (Lipinski definition) is 6. The Balaban J connectivity index is 1.70. The lowest BCUT2D eigenvalue weighted by Crippen LogP contribution is -2.07. The molecule has 3 rings (SSSR count). The summed E-state index contributed by atoms with van der Waals surface area (Å²) in [6.45, 7) is 0. The first-order valence-electron chi connectivity index (χ1n) is 6.93. The van der Waals surface area contributed by atoms with Crippen LogP contribution in [0, 0.1) is 0 Å². The number of carbonyl (C=O) groups is 1. The maximum atomic E-state index is 12.1. The van der Waals surface area contributed by atoms with Crippen molar-refractivity contribution in [1.82, 2.24) is 14.8 Å². The molecule has 0 spiro atoms. The Morgan fingerprint density at radius 2 is 2.09 bits per heavy atom. The van der Waals surface area contributed by atoms with Gasteiger partial charge in [-0.05, 0) is 24.3 Å². The predicted molar refractivity (Wildman–Crippen MR) is 86.8 cm³/mol. The number of methoxy groups -OCH3 is 1. The zero-order valence-corrected chi connectivity index (χ0v) is 13.5. The Hall–Kier alpha value is -2.54. The minimum atomic E-state index is 0.0135. The Morgan fingerprint density at radius 1 is 1.26 bits per heavy atom. The molecule has 118 valence electrons. The topological polar surface area (TPSA) is 70.2 Å². The number of nitrogens with zero attached hydrogens (tertiary/aromatic N) is 3. The number of thioether (sulfide) groups is 1. The molecule has 0 unspecified atom stereocenters. The number of Topliss-reactive ketones (excluding diaryl/α,β-unsaturated/α-hetero) is 1. The van der Waals surface area contributed by atoms with E-state index in [0.717, 1.165) is 5.56 Å². The zero-order valence-electron chi connectivity index (χ0n) is 12.7. The van der Waals surface area contributed by atoms with Crippen molar-refractivity contribution < 1.29 is 13.9 Å². The number of ether oxygens (including phenoxy) is 1. The summed E-state index contributed by atoms with van der Waals surface area (Å²) in [5.74, 6) is 1.29. The molecule has 0 aliphatic heterocycles. The fourth-order valence-electron chi connectivity index (χ4n) is 2.15. The predicted octanol–water partition coefficient (Wildman–Crippen LogP) is 3.06. The van der Waals surface area contributed by atoms with Gasteiger partial charge in [0.25, 0.3) is 11.1 Å². The second-order valence-corrected chi connectivity index (χ2v) is 5.72. The van der Waals surface area contributed by atoms with E-state index >= 15 is 0 Å². The van der Waals surface area contributed by atoms with Gasteiger partial charge in [0.05, 0.1) is 24.1 Å². The summed E-state index contributed by atoms with van der Waals surface area (Å²) in [6, 6.07) is 11.0. The van der Waals surface area contributed by atoms with E-state index in [0.29, 0.717) is 22.6 Å². The molecular formula is C16H15N3O3S. The molecule has 1 aromatic carbocycles. The fourth-order valence-corrected chi connectivity index (χ4v) is 2.79. The van der Waals surface area contributed by atoms with E-state index in [2.05, 4.69) is 10.2 Å². The summed E-state index contributed by atoms with van der Waals surface area (Å²) in [7, 11) is 3.42. The van der Waals surface area contributed by atoms with Crippen LogP contribution in [0.25, 0.3) is 11.5 Å². The molecule has 2 aromatic heterocycles. The lowest BCUT2D eigenvalue weighted by molar-refractivity contribution is 0.101. The molecule has 7 heteroatoms. The highest BCUT2D eigenvalue weighted by Crippen LogP contribution is 2.30. The van der Waals surface area contributed by atoms with Crippen molar-refractivity contribution in [2.24, 2.45) is 7.05 Å². The van der Waals surface area contributed by atoms with Gasteiger partial charge in [-0.2, -0.15) is 0 Å². The quantitative estimate of drug-likeness (QED) is 0.511. The lowest BCUT2D eigenvalue weighted by Gasteiger charge is -2.03. The molecule has 0 radical (unpaired) electrons. The molecule has 0 saturated heterocycles. The van der Waals surface area contributed by atoms with E-state index in [4.69, 9.17) is 9.15 Å². The Labute approximate surface area is 137 Å².